The van der Waals surface area contributed by atoms with E-state index in [4.69, 9.17) is 51.1 Å². The maximum Gasteiger partial charge on any atom is 0.258 e. The van der Waals surface area contributed by atoms with Gasteiger partial charge in [0, 0.05) is 23.2 Å². The largest absolute Gasteiger partial charge is 0.456 e. The van der Waals surface area contributed by atoms with Crippen molar-refractivity contribution in [2.75, 3.05) is 5.32 Å². The second-order valence-corrected chi connectivity index (χ2v) is 8.33. The molecule has 0 saturated carbocycles. The topological polar surface area (TPSA) is 51.2 Å². The summed E-state index contributed by atoms with van der Waals surface area (Å²) in [5.41, 5.74) is 2.07. The van der Waals surface area contributed by atoms with E-state index in [9.17, 15) is 4.79 Å². The van der Waals surface area contributed by atoms with Crippen molar-refractivity contribution in [1.82, 2.24) is 4.98 Å². The maximum absolute atomic E-state index is 12.8. The number of nitrogens with zero attached hydrogens (tertiary/aromatic N) is 1. The van der Waals surface area contributed by atoms with Gasteiger partial charge in [-0.3, -0.25) is 9.78 Å². The summed E-state index contributed by atoms with van der Waals surface area (Å²) < 4.78 is 6.10. The highest BCUT2D eigenvalue weighted by Crippen LogP contribution is 2.37. The number of aryl methyl sites for hydroxylation is 1. The van der Waals surface area contributed by atoms with Crippen LogP contribution >= 0.6 is 46.4 Å². The minimum atomic E-state index is -0.433. The number of carbonyl (C=O) groups is 1. The highest BCUT2D eigenvalue weighted by atomic mass is 35.5. The van der Waals surface area contributed by atoms with Crippen LogP contribution in [0.2, 0.25) is 20.1 Å². The molecule has 4 aromatic rings. The second-order valence-electron chi connectivity index (χ2n) is 6.70. The molecule has 0 aliphatic carbocycles. The molecule has 8 heteroatoms. The first kappa shape index (κ1) is 21.7. The van der Waals surface area contributed by atoms with Crippen LogP contribution < -0.4 is 10.1 Å². The van der Waals surface area contributed by atoms with Crippen LogP contribution in [0.15, 0.2) is 60.8 Å². The molecule has 4 nitrogen and oxygen atoms in total. The lowest BCUT2D eigenvalue weighted by molar-refractivity contribution is 0.102. The number of hydrogen-bond acceptors (Lipinski definition) is 3. The number of aromatic nitrogens is 1. The summed E-state index contributed by atoms with van der Waals surface area (Å²) in [7, 11) is 0. The Balaban J connectivity index is 1.74. The van der Waals surface area contributed by atoms with Gasteiger partial charge in [-0.2, -0.15) is 0 Å². The molecule has 0 unspecified atom stereocenters. The summed E-state index contributed by atoms with van der Waals surface area (Å²) in [6.45, 7) is 1.88. The lowest BCUT2D eigenvalue weighted by atomic mass is 10.1. The van der Waals surface area contributed by atoms with Gasteiger partial charge in [0.1, 0.15) is 11.5 Å². The number of amides is 1. The van der Waals surface area contributed by atoms with Gasteiger partial charge in [0.15, 0.2) is 0 Å². The first-order valence-electron chi connectivity index (χ1n) is 9.11. The Morgan fingerprint density at radius 2 is 1.61 bits per heavy atom. The summed E-state index contributed by atoms with van der Waals surface area (Å²) in [4.78, 5) is 17.3. The quantitative estimate of drug-likeness (QED) is 0.313. The van der Waals surface area contributed by atoms with Crippen LogP contribution in [-0.4, -0.2) is 10.9 Å². The van der Waals surface area contributed by atoms with Crippen LogP contribution in [0.25, 0.3) is 10.9 Å². The molecule has 1 N–H and O–H groups in total. The Morgan fingerprint density at radius 3 is 2.32 bits per heavy atom. The third-order valence-corrected chi connectivity index (χ3v) is 5.94. The fourth-order valence-corrected chi connectivity index (χ4v) is 3.95. The highest BCUT2D eigenvalue weighted by molar-refractivity contribution is 6.42. The van der Waals surface area contributed by atoms with Gasteiger partial charge in [0.2, 0.25) is 0 Å². The molecule has 4 rings (SSSR count). The Kier molecular flexibility index (Phi) is 6.26. The van der Waals surface area contributed by atoms with Crippen molar-refractivity contribution in [1.29, 1.82) is 0 Å². The zero-order valence-electron chi connectivity index (χ0n) is 16.0. The number of fused-ring (bicyclic) bond motifs is 1. The molecule has 0 aliphatic rings. The van der Waals surface area contributed by atoms with E-state index < -0.39 is 5.91 Å². The van der Waals surface area contributed by atoms with Crippen LogP contribution in [0, 0.1) is 6.92 Å². The lowest BCUT2D eigenvalue weighted by Gasteiger charge is -2.15. The number of halogens is 4. The van der Waals surface area contributed by atoms with E-state index in [0.717, 1.165) is 5.56 Å². The zero-order chi connectivity index (χ0) is 22.1. The standard InChI is InChI=1S/C23H14Cl4N2O2/c1-12-11-28-21-14(22(12)31-13-8-9-15(24)18(27)10-13)4-2-7-19(21)29-23(30)20-16(25)5-3-6-17(20)26/h2-11H,1H3,(H,29,30). The number of para-hydroxylation sites is 1. The Bertz CT molecular complexity index is 1300. The average Bonchev–Trinajstić information content (AvgIpc) is 2.73. The summed E-state index contributed by atoms with van der Waals surface area (Å²) in [5, 5.41) is 4.91. The Morgan fingerprint density at radius 1 is 0.903 bits per heavy atom. The van der Waals surface area contributed by atoms with Crippen molar-refractivity contribution >= 4 is 68.9 Å². The number of nitrogens with one attached hydrogen (secondary N) is 1. The first-order chi connectivity index (χ1) is 14.8. The molecule has 0 aliphatic heterocycles. The fourth-order valence-electron chi connectivity index (χ4n) is 3.09. The van der Waals surface area contributed by atoms with Gasteiger partial charge in [-0.15, -0.1) is 0 Å². The van der Waals surface area contributed by atoms with Gasteiger partial charge < -0.3 is 10.1 Å². The molecule has 156 valence electrons. The number of hydrogen-bond donors (Lipinski definition) is 1. The third kappa shape index (κ3) is 4.43. The van der Waals surface area contributed by atoms with Gasteiger partial charge in [0.05, 0.1) is 36.9 Å². The number of benzene rings is 3. The molecule has 1 heterocycles. The SMILES string of the molecule is Cc1cnc2c(NC(=O)c3c(Cl)cccc3Cl)cccc2c1Oc1ccc(Cl)c(Cl)c1. The van der Waals surface area contributed by atoms with E-state index in [2.05, 4.69) is 10.3 Å². The molecule has 1 aromatic heterocycles. The van der Waals surface area contributed by atoms with Crippen molar-refractivity contribution in [3.05, 3.63) is 92.0 Å². The molecule has 3 aromatic carbocycles. The summed E-state index contributed by atoms with van der Waals surface area (Å²) in [5.74, 6) is 0.690. The second kappa shape index (κ2) is 8.93. The molecule has 0 spiro atoms. The van der Waals surface area contributed by atoms with E-state index in [1.807, 2.05) is 13.0 Å². The van der Waals surface area contributed by atoms with E-state index in [-0.39, 0.29) is 15.6 Å². The normalized spacial score (nSPS) is 10.9. The van der Waals surface area contributed by atoms with Crippen LogP contribution in [0.3, 0.4) is 0 Å². The van der Waals surface area contributed by atoms with Gasteiger partial charge in [-0.25, -0.2) is 0 Å². The summed E-state index contributed by atoms with van der Waals surface area (Å²) >= 11 is 24.4. The maximum atomic E-state index is 12.8. The van der Waals surface area contributed by atoms with Crippen LogP contribution in [-0.2, 0) is 0 Å². The fraction of sp³-hybridized carbons (Fsp3) is 0.0435. The van der Waals surface area contributed by atoms with E-state index in [1.54, 1.807) is 54.7 Å². The molecule has 0 fully saturated rings. The van der Waals surface area contributed by atoms with E-state index >= 15 is 0 Å². The van der Waals surface area contributed by atoms with Gasteiger partial charge >= 0.3 is 0 Å². The van der Waals surface area contributed by atoms with Gasteiger partial charge in [-0.05, 0) is 43.3 Å². The highest BCUT2D eigenvalue weighted by Gasteiger charge is 2.18. The van der Waals surface area contributed by atoms with Crippen molar-refractivity contribution < 1.29 is 9.53 Å². The molecular formula is C23H14Cl4N2O2. The van der Waals surface area contributed by atoms with Gasteiger partial charge in [0.25, 0.3) is 5.91 Å². The molecule has 0 atom stereocenters. The minimum Gasteiger partial charge on any atom is -0.456 e. The molecule has 1 amide bonds. The molecule has 31 heavy (non-hydrogen) atoms. The summed E-state index contributed by atoms with van der Waals surface area (Å²) in [6.07, 6.45) is 1.67. The summed E-state index contributed by atoms with van der Waals surface area (Å²) in [6, 6.07) is 15.3. The first-order valence-corrected chi connectivity index (χ1v) is 10.6. The smallest absolute Gasteiger partial charge is 0.258 e. The third-order valence-electron chi connectivity index (χ3n) is 4.58. The Labute approximate surface area is 198 Å². The van der Waals surface area contributed by atoms with Crippen LogP contribution in [0.4, 0.5) is 5.69 Å². The molecular weight excluding hydrogens is 478 g/mol. The molecule has 0 bridgehead atoms. The Hall–Kier alpha value is -2.50. The minimum absolute atomic E-state index is 0.197. The van der Waals surface area contributed by atoms with Crippen molar-refractivity contribution in [3.8, 4) is 11.5 Å². The number of pyridine rings is 1. The average molecular weight is 492 g/mol. The predicted octanol–water partition coefficient (Wildman–Crippen LogP) is 8.20. The van der Waals surface area contributed by atoms with Crippen LogP contribution in [0.1, 0.15) is 15.9 Å². The monoisotopic (exact) mass is 490 g/mol. The van der Waals surface area contributed by atoms with Crippen molar-refractivity contribution in [3.63, 3.8) is 0 Å². The number of carbonyl (C=O) groups excluding carboxylic acids is 1. The lowest BCUT2D eigenvalue weighted by Crippen LogP contribution is -2.13. The number of rotatable bonds is 4. The van der Waals surface area contributed by atoms with Crippen molar-refractivity contribution in [2.24, 2.45) is 0 Å². The predicted molar refractivity (Wildman–Crippen MR) is 127 cm³/mol. The van der Waals surface area contributed by atoms with E-state index in [0.29, 0.717) is 38.1 Å². The number of ether oxygens (including phenoxy) is 1. The molecule has 0 saturated heterocycles. The number of anilines is 1. The van der Waals surface area contributed by atoms with Crippen LogP contribution in [0.5, 0.6) is 11.5 Å². The van der Waals surface area contributed by atoms with E-state index in [1.165, 1.54) is 0 Å². The van der Waals surface area contributed by atoms with Crippen molar-refractivity contribution in [2.45, 2.75) is 6.92 Å². The van der Waals surface area contributed by atoms with Gasteiger partial charge in [-0.1, -0.05) is 58.5 Å². The zero-order valence-corrected chi connectivity index (χ0v) is 19.1. The molecule has 0 radical (unpaired) electrons.